The van der Waals surface area contributed by atoms with E-state index in [1.54, 1.807) is 0 Å². The van der Waals surface area contributed by atoms with Gasteiger partial charge in [-0.25, -0.2) is 0 Å². The van der Waals surface area contributed by atoms with Crippen molar-refractivity contribution in [2.75, 3.05) is 0 Å². The van der Waals surface area contributed by atoms with Crippen LogP contribution in [0.2, 0.25) is 0 Å². The predicted octanol–water partition coefficient (Wildman–Crippen LogP) is 3.32. The van der Waals surface area contributed by atoms with Gasteiger partial charge < -0.3 is 5.21 Å². The average molecular weight is 268 g/mol. The van der Waals surface area contributed by atoms with Crippen molar-refractivity contribution in [1.29, 1.82) is 0 Å². The largest absolute Gasteiger partial charge is 0.703 e. The number of rotatable bonds is 2. The Morgan fingerprint density at radius 3 is 1.85 bits per heavy atom. The summed E-state index contributed by atoms with van der Waals surface area (Å²) in [5.41, 5.74) is -0.128. The van der Waals surface area contributed by atoms with Gasteiger partial charge in [-0.05, 0) is 12.5 Å². The molecule has 0 saturated carbocycles. The van der Waals surface area contributed by atoms with Gasteiger partial charge in [0.2, 0.25) is 0 Å². The van der Waals surface area contributed by atoms with Gasteiger partial charge >= 0.3 is 0 Å². The van der Waals surface area contributed by atoms with Crippen molar-refractivity contribution >= 4 is 0 Å². The molecule has 0 radical (unpaired) electrons. The maximum Gasteiger partial charge on any atom is 0.295 e. The van der Waals surface area contributed by atoms with Crippen molar-refractivity contribution in [3.05, 3.63) is 81.9 Å². The molecule has 20 heavy (non-hydrogen) atoms. The maximum atomic E-state index is 12.2. The van der Waals surface area contributed by atoms with E-state index in [9.17, 15) is 10.1 Å². The summed E-state index contributed by atoms with van der Waals surface area (Å²) in [6.07, 6.45) is 0. The van der Waals surface area contributed by atoms with Crippen LogP contribution in [0.25, 0.3) is 0 Å². The van der Waals surface area contributed by atoms with Crippen molar-refractivity contribution in [1.82, 2.24) is 5.17 Å². The van der Waals surface area contributed by atoms with Crippen LogP contribution in [0.5, 0.6) is 0 Å². The summed E-state index contributed by atoms with van der Waals surface area (Å²) in [5, 5.41) is 12.7. The van der Waals surface area contributed by atoms with E-state index in [4.69, 9.17) is 0 Å². The van der Waals surface area contributed by atoms with Gasteiger partial charge in [0.15, 0.2) is 5.54 Å². The molecule has 0 aliphatic carbocycles. The van der Waals surface area contributed by atoms with Crippen LogP contribution in [0.4, 0.5) is 0 Å². The molecule has 0 spiro atoms. The van der Waals surface area contributed by atoms with E-state index in [-0.39, 0.29) is 0 Å². The molecular formula is C16H16N2O2. The normalized spacial score (nSPS) is 29.1. The standard InChI is InChI=1S/C16H16N2O2/c1-15(13-9-5-3-6-10-13)16(2,18(20)17(15)19)14-11-7-4-8-12-14/h3-12H,1-2H3. The van der Waals surface area contributed by atoms with E-state index in [0.29, 0.717) is 10.0 Å². The molecule has 102 valence electrons. The third-order valence-corrected chi connectivity index (χ3v) is 4.55. The summed E-state index contributed by atoms with van der Waals surface area (Å²) >= 11 is 0. The number of hydrogen-bond donors (Lipinski definition) is 0. The van der Waals surface area contributed by atoms with Gasteiger partial charge in [0.1, 0.15) is 4.87 Å². The SMILES string of the molecule is CC1(c2ccccc2)N([O-])[N+](=O)C1(C)c1ccccc1. The van der Waals surface area contributed by atoms with Gasteiger partial charge in [-0.15, -0.1) is 0 Å². The smallest absolute Gasteiger partial charge is 0.295 e. The highest BCUT2D eigenvalue weighted by molar-refractivity contribution is 5.36. The van der Waals surface area contributed by atoms with Crippen LogP contribution in [0.1, 0.15) is 25.0 Å². The van der Waals surface area contributed by atoms with E-state index in [0.717, 1.165) is 11.1 Å². The molecule has 0 amide bonds. The Labute approximate surface area is 117 Å². The van der Waals surface area contributed by atoms with Crippen molar-refractivity contribution in [3.8, 4) is 0 Å². The summed E-state index contributed by atoms with van der Waals surface area (Å²) in [5.74, 6) is 0. The van der Waals surface area contributed by atoms with Crippen LogP contribution < -0.4 is 0 Å². The fourth-order valence-electron chi connectivity index (χ4n) is 3.00. The fraction of sp³-hybridized carbons (Fsp3) is 0.250. The number of hydrazine groups is 1. The lowest BCUT2D eigenvalue weighted by molar-refractivity contribution is -0.867. The van der Waals surface area contributed by atoms with Crippen LogP contribution in [0.3, 0.4) is 0 Å². The molecule has 1 fully saturated rings. The van der Waals surface area contributed by atoms with E-state index >= 15 is 0 Å². The lowest BCUT2D eigenvalue weighted by Gasteiger charge is -2.55. The average Bonchev–Trinajstić information content (AvgIpc) is 2.53. The van der Waals surface area contributed by atoms with E-state index in [1.165, 1.54) is 0 Å². The lowest BCUT2D eigenvalue weighted by atomic mass is 9.67. The van der Waals surface area contributed by atoms with E-state index < -0.39 is 11.1 Å². The predicted molar refractivity (Wildman–Crippen MR) is 76.4 cm³/mol. The first-order chi connectivity index (χ1) is 9.53. The molecule has 0 N–H and O–H groups in total. The number of benzene rings is 2. The molecule has 2 unspecified atom stereocenters. The zero-order chi connectivity index (χ0) is 14.4. The molecule has 2 atom stereocenters. The van der Waals surface area contributed by atoms with Crippen LogP contribution in [0, 0.1) is 10.1 Å². The quantitative estimate of drug-likeness (QED) is 0.785. The number of hydrogen-bond acceptors (Lipinski definition) is 2. The van der Waals surface area contributed by atoms with Gasteiger partial charge in [-0.2, -0.15) is 5.17 Å². The van der Waals surface area contributed by atoms with Crippen LogP contribution in [-0.4, -0.2) is 10.0 Å². The third-order valence-electron chi connectivity index (χ3n) is 4.55. The number of nitrogens with zero attached hydrogens (tertiary/aromatic N) is 2. The Morgan fingerprint density at radius 2 is 1.35 bits per heavy atom. The summed E-state index contributed by atoms with van der Waals surface area (Å²) in [4.78, 5) is 12.7. The Hall–Kier alpha value is -2.20. The molecular weight excluding hydrogens is 252 g/mol. The Kier molecular flexibility index (Phi) is 2.66. The molecule has 4 nitrogen and oxygen atoms in total. The minimum absolute atomic E-state index is 0.523. The van der Waals surface area contributed by atoms with Gasteiger partial charge in [-0.1, -0.05) is 60.7 Å². The highest BCUT2D eigenvalue weighted by Crippen LogP contribution is 2.55. The van der Waals surface area contributed by atoms with Crippen molar-refractivity contribution in [2.24, 2.45) is 0 Å². The summed E-state index contributed by atoms with van der Waals surface area (Å²) in [7, 11) is 0. The number of nitroso groups, excluding NO2 is 1. The molecule has 1 aliphatic heterocycles. The number of hydroxylamine groups is 1. The van der Waals surface area contributed by atoms with Crippen LogP contribution in [-0.2, 0) is 11.1 Å². The van der Waals surface area contributed by atoms with Crippen molar-refractivity contribution in [3.63, 3.8) is 0 Å². The molecule has 3 rings (SSSR count). The second-order valence-corrected chi connectivity index (χ2v) is 5.42. The minimum Gasteiger partial charge on any atom is -0.703 e. The van der Waals surface area contributed by atoms with Gasteiger partial charge in [-0.3, -0.25) is 0 Å². The Morgan fingerprint density at radius 1 is 0.900 bits per heavy atom. The van der Waals surface area contributed by atoms with E-state index in [2.05, 4.69) is 0 Å². The molecule has 1 aliphatic rings. The first-order valence-electron chi connectivity index (χ1n) is 6.58. The minimum atomic E-state index is -0.905. The third kappa shape index (κ3) is 1.34. The summed E-state index contributed by atoms with van der Waals surface area (Å²) < 4.78 is 0. The molecule has 1 saturated heterocycles. The summed E-state index contributed by atoms with van der Waals surface area (Å²) in [6, 6.07) is 18.9. The maximum absolute atomic E-state index is 12.2. The van der Waals surface area contributed by atoms with Gasteiger partial charge in [0.05, 0.1) is 4.91 Å². The Balaban J connectivity index is 2.17. The zero-order valence-corrected chi connectivity index (χ0v) is 11.5. The lowest BCUT2D eigenvalue weighted by Crippen LogP contribution is -2.74. The molecule has 0 bridgehead atoms. The molecule has 2 aromatic rings. The highest BCUT2D eigenvalue weighted by Gasteiger charge is 2.74. The van der Waals surface area contributed by atoms with Crippen LogP contribution in [0.15, 0.2) is 60.7 Å². The van der Waals surface area contributed by atoms with Crippen LogP contribution >= 0.6 is 0 Å². The molecule has 1 heterocycles. The molecule has 2 aromatic carbocycles. The molecule has 4 heteroatoms. The first kappa shape index (κ1) is 12.8. The van der Waals surface area contributed by atoms with E-state index in [1.807, 2.05) is 74.5 Å². The van der Waals surface area contributed by atoms with Gasteiger partial charge in [0, 0.05) is 12.5 Å². The van der Waals surface area contributed by atoms with Crippen molar-refractivity contribution in [2.45, 2.75) is 24.9 Å². The summed E-state index contributed by atoms with van der Waals surface area (Å²) in [6.45, 7) is 3.63. The second kappa shape index (κ2) is 4.15. The Bertz CT molecular complexity index is 644. The second-order valence-electron chi connectivity index (χ2n) is 5.42. The van der Waals surface area contributed by atoms with Crippen molar-refractivity contribution < 1.29 is 4.87 Å². The van der Waals surface area contributed by atoms with Gasteiger partial charge in [0.25, 0.3) is 5.54 Å². The zero-order valence-electron chi connectivity index (χ0n) is 11.5. The molecule has 0 aromatic heterocycles. The highest BCUT2D eigenvalue weighted by atomic mass is 16.6. The monoisotopic (exact) mass is 268 g/mol. The fourth-order valence-corrected chi connectivity index (χ4v) is 3.00. The first-order valence-corrected chi connectivity index (χ1v) is 6.58. The topological polar surface area (TPSA) is 46.4 Å².